The zero-order valence-corrected chi connectivity index (χ0v) is 17.1. The number of benzene rings is 1. The van der Waals surface area contributed by atoms with Gasteiger partial charge in [-0.25, -0.2) is 0 Å². The number of hydrogen-bond donors (Lipinski definition) is 0. The molecule has 0 bridgehead atoms. The van der Waals surface area contributed by atoms with Crippen LogP contribution in [0.15, 0.2) is 24.3 Å². The molecule has 0 aliphatic carbocycles. The third kappa shape index (κ3) is 5.92. The van der Waals surface area contributed by atoms with E-state index >= 15 is 0 Å². The lowest BCUT2D eigenvalue weighted by molar-refractivity contribution is -0.00119. The van der Waals surface area contributed by atoms with Gasteiger partial charge in [0.15, 0.2) is 0 Å². The first-order valence-electron chi connectivity index (χ1n) is 10.5. The molecular formula is C22H36N2O3. The average Bonchev–Trinajstić information content (AvgIpc) is 2.73. The summed E-state index contributed by atoms with van der Waals surface area (Å²) in [5.41, 5.74) is 1.62. The smallest absolute Gasteiger partial charge is 0.119 e. The number of morpholine rings is 1. The van der Waals surface area contributed by atoms with Crippen molar-refractivity contribution in [3.63, 3.8) is 0 Å². The number of nitrogens with zero attached hydrogens (tertiary/aromatic N) is 2. The summed E-state index contributed by atoms with van der Waals surface area (Å²) in [6.45, 7) is 11.7. The fraction of sp³-hybridized carbons (Fsp3) is 0.727. The lowest BCUT2D eigenvalue weighted by Gasteiger charge is -2.42. The molecule has 0 N–H and O–H groups in total. The van der Waals surface area contributed by atoms with Crippen molar-refractivity contribution in [2.75, 3.05) is 72.8 Å². The van der Waals surface area contributed by atoms with Crippen LogP contribution < -0.4 is 4.74 Å². The molecule has 5 heteroatoms. The first-order chi connectivity index (χ1) is 13.2. The van der Waals surface area contributed by atoms with Crippen LogP contribution in [0.2, 0.25) is 0 Å². The van der Waals surface area contributed by atoms with Gasteiger partial charge in [-0.2, -0.15) is 0 Å². The van der Waals surface area contributed by atoms with E-state index in [0.717, 1.165) is 90.8 Å². The van der Waals surface area contributed by atoms with Crippen LogP contribution in [0, 0.1) is 0 Å². The molecule has 0 radical (unpaired) electrons. The summed E-state index contributed by atoms with van der Waals surface area (Å²) in [7, 11) is 2.15. The molecule has 2 heterocycles. The average molecular weight is 377 g/mol. The van der Waals surface area contributed by atoms with E-state index in [-0.39, 0.29) is 5.41 Å². The molecule has 0 aromatic heterocycles. The molecule has 2 saturated heterocycles. The van der Waals surface area contributed by atoms with Crippen molar-refractivity contribution in [2.24, 2.45) is 0 Å². The van der Waals surface area contributed by atoms with E-state index in [2.05, 4.69) is 48.0 Å². The summed E-state index contributed by atoms with van der Waals surface area (Å²) in [4.78, 5) is 4.87. The normalized spacial score (nSPS) is 20.7. The van der Waals surface area contributed by atoms with Crippen LogP contribution >= 0.6 is 0 Å². The molecule has 2 aliphatic heterocycles. The van der Waals surface area contributed by atoms with Gasteiger partial charge >= 0.3 is 0 Å². The molecule has 27 heavy (non-hydrogen) atoms. The van der Waals surface area contributed by atoms with Crippen LogP contribution in [-0.4, -0.2) is 82.6 Å². The van der Waals surface area contributed by atoms with Crippen molar-refractivity contribution in [3.8, 4) is 5.75 Å². The molecule has 0 saturated carbocycles. The predicted octanol–water partition coefficient (Wildman–Crippen LogP) is 2.79. The minimum Gasteiger partial charge on any atom is -0.494 e. The van der Waals surface area contributed by atoms with E-state index in [1.165, 1.54) is 5.56 Å². The van der Waals surface area contributed by atoms with Crippen LogP contribution in [0.3, 0.4) is 0 Å². The summed E-state index contributed by atoms with van der Waals surface area (Å²) in [5.74, 6) is 0.978. The van der Waals surface area contributed by atoms with Gasteiger partial charge in [0.25, 0.3) is 0 Å². The Balaban J connectivity index is 1.59. The van der Waals surface area contributed by atoms with Crippen molar-refractivity contribution < 1.29 is 14.2 Å². The second-order valence-corrected chi connectivity index (χ2v) is 7.90. The van der Waals surface area contributed by atoms with E-state index in [9.17, 15) is 0 Å². The highest BCUT2D eigenvalue weighted by atomic mass is 16.5. The lowest BCUT2D eigenvalue weighted by Crippen LogP contribution is -2.48. The maximum Gasteiger partial charge on any atom is 0.119 e. The molecular weight excluding hydrogens is 340 g/mol. The number of rotatable bonds is 9. The Labute approximate surface area is 164 Å². The summed E-state index contributed by atoms with van der Waals surface area (Å²) in [6, 6.07) is 8.85. The molecule has 2 fully saturated rings. The van der Waals surface area contributed by atoms with Gasteiger partial charge in [-0.3, -0.25) is 4.90 Å². The van der Waals surface area contributed by atoms with Gasteiger partial charge in [-0.15, -0.1) is 0 Å². The summed E-state index contributed by atoms with van der Waals surface area (Å²) >= 11 is 0. The molecule has 152 valence electrons. The van der Waals surface area contributed by atoms with Crippen LogP contribution in [0.4, 0.5) is 0 Å². The minimum atomic E-state index is 0.192. The Bertz CT molecular complexity index is 537. The fourth-order valence-corrected chi connectivity index (χ4v) is 4.07. The van der Waals surface area contributed by atoms with Crippen LogP contribution in [0.1, 0.15) is 31.7 Å². The summed E-state index contributed by atoms with van der Waals surface area (Å²) in [6.07, 6.45) is 3.24. The predicted molar refractivity (Wildman–Crippen MR) is 109 cm³/mol. The molecule has 2 aliphatic rings. The van der Waals surface area contributed by atoms with E-state index in [1.54, 1.807) is 0 Å². The van der Waals surface area contributed by atoms with Gasteiger partial charge in [-0.05, 0) is 50.6 Å². The maximum absolute atomic E-state index is 5.95. The largest absolute Gasteiger partial charge is 0.494 e. The highest BCUT2D eigenvalue weighted by Crippen LogP contribution is 2.36. The van der Waals surface area contributed by atoms with E-state index in [4.69, 9.17) is 14.2 Å². The Morgan fingerprint density at radius 2 is 1.70 bits per heavy atom. The second-order valence-electron chi connectivity index (χ2n) is 7.90. The van der Waals surface area contributed by atoms with Gasteiger partial charge < -0.3 is 19.1 Å². The molecule has 5 nitrogen and oxygen atoms in total. The molecule has 0 spiro atoms. The molecule has 0 amide bonds. The zero-order valence-electron chi connectivity index (χ0n) is 17.1. The Morgan fingerprint density at radius 1 is 1.04 bits per heavy atom. The Morgan fingerprint density at radius 3 is 2.37 bits per heavy atom. The van der Waals surface area contributed by atoms with Crippen molar-refractivity contribution in [2.45, 2.75) is 31.6 Å². The van der Waals surface area contributed by atoms with Gasteiger partial charge in [0, 0.05) is 44.8 Å². The highest BCUT2D eigenvalue weighted by molar-refractivity contribution is 5.33. The molecule has 1 aromatic rings. The van der Waals surface area contributed by atoms with Crippen molar-refractivity contribution in [1.29, 1.82) is 0 Å². The maximum atomic E-state index is 5.95. The second kappa shape index (κ2) is 10.4. The van der Waals surface area contributed by atoms with Gasteiger partial charge in [0.05, 0.1) is 19.8 Å². The monoisotopic (exact) mass is 376 g/mol. The van der Waals surface area contributed by atoms with Gasteiger partial charge in [0.2, 0.25) is 0 Å². The van der Waals surface area contributed by atoms with Crippen LogP contribution in [0.5, 0.6) is 5.75 Å². The first kappa shape index (κ1) is 20.6. The first-order valence-corrected chi connectivity index (χ1v) is 10.5. The topological polar surface area (TPSA) is 34.2 Å². The molecule has 0 unspecified atom stereocenters. The highest BCUT2D eigenvalue weighted by Gasteiger charge is 2.36. The Hall–Kier alpha value is -1.14. The number of ether oxygens (including phenoxy) is 3. The van der Waals surface area contributed by atoms with E-state index in [0.29, 0.717) is 0 Å². The molecule has 1 aromatic carbocycles. The van der Waals surface area contributed by atoms with Crippen LogP contribution in [-0.2, 0) is 14.9 Å². The van der Waals surface area contributed by atoms with Gasteiger partial charge in [0.1, 0.15) is 5.75 Å². The molecule has 0 atom stereocenters. The van der Waals surface area contributed by atoms with Gasteiger partial charge in [-0.1, -0.05) is 19.1 Å². The fourth-order valence-electron chi connectivity index (χ4n) is 4.07. The minimum absolute atomic E-state index is 0.192. The van der Waals surface area contributed by atoms with Crippen LogP contribution in [0.25, 0.3) is 0 Å². The van der Waals surface area contributed by atoms with Crippen molar-refractivity contribution >= 4 is 0 Å². The van der Waals surface area contributed by atoms with Crippen molar-refractivity contribution in [3.05, 3.63) is 29.8 Å². The lowest BCUT2D eigenvalue weighted by atomic mass is 9.73. The third-order valence-corrected chi connectivity index (χ3v) is 6.04. The zero-order chi connectivity index (χ0) is 19.0. The summed E-state index contributed by atoms with van der Waals surface area (Å²) < 4.78 is 17.2. The number of hydrogen-bond acceptors (Lipinski definition) is 5. The third-order valence-electron chi connectivity index (χ3n) is 6.04. The quantitative estimate of drug-likeness (QED) is 0.619. The molecule has 3 rings (SSSR count). The summed E-state index contributed by atoms with van der Waals surface area (Å²) in [5, 5.41) is 0. The SMILES string of the molecule is CCN(C)CCCOc1ccc(C2(CN3CCOCC3)CCOCC2)cc1. The van der Waals surface area contributed by atoms with E-state index < -0.39 is 0 Å². The van der Waals surface area contributed by atoms with E-state index in [1.807, 2.05) is 0 Å². The Kier molecular flexibility index (Phi) is 7.94. The standard InChI is InChI=1S/C22H36N2O3/c1-3-23(2)11-4-14-27-21-7-5-20(6-8-21)22(9-15-25-16-10-22)19-24-12-17-26-18-13-24/h5-8H,3-4,9-19H2,1-2H3. The van der Waals surface area contributed by atoms with Crippen molar-refractivity contribution in [1.82, 2.24) is 9.80 Å².